The van der Waals surface area contributed by atoms with E-state index in [9.17, 15) is 9.90 Å². The fourth-order valence-corrected chi connectivity index (χ4v) is 2.05. The van der Waals surface area contributed by atoms with Crippen LogP contribution in [-0.2, 0) is 4.74 Å². The Labute approximate surface area is 102 Å². The number of nitrogens with two attached hydrogens (primary N) is 1. The van der Waals surface area contributed by atoms with Gasteiger partial charge in [-0.3, -0.25) is 4.57 Å². The van der Waals surface area contributed by atoms with Crippen LogP contribution in [0.1, 0.15) is 6.23 Å². The third kappa shape index (κ3) is 2.10. The highest BCUT2D eigenvalue weighted by atomic mass is 16.5. The quantitative estimate of drug-likeness (QED) is 0.478. The van der Waals surface area contributed by atoms with E-state index < -0.39 is 30.0 Å². The largest absolute Gasteiger partial charge is 0.396 e. The van der Waals surface area contributed by atoms with Gasteiger partial charge in [-0.2, -0.15) is 4.98 Å². The van der Waals surface area contributed by atoms with Crippen LogP contribution >= 0.6 is 0 Å². The molecule has 8 nitrogen and oxygen atoms in total. The summed E-state index contributed by atoms with van der Waals surface area (Å²) in [6, 6.07) is 1.40. The van der Waals surface area contributed by atoms with Gasteiger partial charge in [0.2, 0.25) is 0 Å². The van der Waals surface area contributed by atoms with Gasteiger partial charge in [-0.05, 0) is 6.07 Å². The zero-order valence-corrected chi connectivity index (χ0v) is 9.51. The standard InChI is InChI=1S/C10H15N3O5/c11-7-1-2-13(10(17)12-7)9-8(16)5(3-14)6(4-15)18-9/h1-2,5-6,8-9,14-16H,3-4H2,(H2,11,12,17)/t5-,6-,8-,9-/m0/s1. The second-order valence-electron chi connectivity index (χ2n) is 4.13. The summed E-state index contributed by atoms with van der Waals surface area (Å²) in [5, 5.41) is 28.2. The summed E-state index contributed by atoms with van der Waals surface area (Å²) in [5.41, 5.74) is 4.70. The van der Waals surface area contributed by atoms with E-state index >= 15 is 0 Å². The normalized spacial score (nSPS) is 31.7. The predicted octanol–water partition coefficient (Wildman–Crippen LogP) is -2.32. The van der Waals surface area contributed by atoms with Crippen molar-refractivity contribution < 1.29 is 20.1 Å². The number of hydrogen-bond acceptors (Lipinski definition) is 7. The van der Waals surface area contributed by atoms with Crippen molar-refractivity contribution in [3.63, 3.8) is 0 Å². The third-order valence-electron chi connectivity index (χ3n) is 3.04. The molecule has 0 amide bonds. The third-order valence-corrected chi connectivity index (χ3v) is 3.04. The molecular formula is C10H15N3O5. The predicted molar refractivity (Wildman–Crippen MR) is 60.5 cm³/mol. The first kappa shape index (κ1) is 13.0. The van der Waals surface area contributed by atoms with Crippen LogP contribution < -0.4 is 11.4 Å². The summed E-state index contributed by atoms with van der Waals surface area (Å²) in [6.07, 6.45) is -1.46. The van der Waals surface area contributed by atoms with E-state index in [1.54, 1.807) is 0 Å². The number of aromatic nitrogens is 2. The van der Waals surface area contributed by atoms with E-state index in [2.05, 4.69) is 4.98 Å². The second-order valence-corrected chi connectivity index (χ2v) is 4.13. The average molecular weight is 257 g/mol. The summed E-state index contributed by atoms with van der Waals surface area (Å²) in [7, 11) is 0. The summed E-state index contributed by atoms with van der Waals surface area (Å²) >= 11 is 0. The maximum atomic E-state index is 11.6. The molecule has 0 saturated carbocycles. The monoisotopic (exact) mass is 257 g/mol. The summed E-state index contributed by atoms with van der Waals surface area (Å²) in [6.45, 7) is -0.698. The number of nitrogen functional groups attached to an aromatic ring is 1. The molecule has 100 valence electrons. The number of rotatable bonds is 3. The Bertz CT molecular complexity index is 477. The van der Waals surface area contributed by atoms with Gasteiger partial charge in [-0.25, -0.2) is 4.79 Å². The zero-order chi connectivity index (χ0) is 13.3. The van der Waals surface area contributed by atoms with Crippen LogP contribution in [0.25, 0.3) is 0 Å². The lowest BCUT2D eigenvalue weighted by Crippen LogP contribution is -2.34. The maximum Gasteiger partial charge on any atom is 0.351 e. The number of hydrogen-bond donors (Lipinski definition) is 4. The smallest absolute Gasteiger partial charge is 0.351 e. The highest BCUT2D eigenvalue weighted by Crippen LogP contribution is 2.32. The topological polar surface area (TPSA) is 131 Å². The molecule has 0 aromatic carbocycles. The fourth-order valence-electron chi connectivity index (χ4n) is 2.05. The molecule has 8 heteroatoms. The molecule has 1 aliphatic heterocycles. The molecule has 18 heavy (non-hydrogen) atoms. The molecule has 2 rings (SSSR count). The van der Waals surface area contributed by atoms with Crippen LogP contribution in [0.5, 0.6) is 0 Å². The Morgan fingerprint density at radius 1 is 1.44 bits per heavy atom. The number of nitrogens with zero attached hydrogens (tertiary/aromatic N) is 2. The van der Waals surface area contributed by atoms with Crippen LogP contribution in [0.3, 0.4) is 0 Å². The summed E-state index contributed by atoms with van der Waals surface area (Å²) in [5.74, 6) is -0.578. The highest BCUT2D eigenvalue weighted by molar-refractivity contribution is 5.23. The van der Waals surface area contributed by atoms with Gasteiger partial charge >= 0.3 is 5.69 Å². The zero-order valence-electron chi connectivity index (χ0n) is 9.51. The Morgan fingerprint density at radius 3 is 2.67 bits per heavy atom. The minimum Gasteiger partial charge on any atom is -0.396 e. The first-order valence-electron chi connectivity index (χ1n) is 5.48. The van der Waals surface area contributed by atoms with Crippen molar-refractivity contribution in [2.75, 3.05) is 18.9 Å². The first-order chi connectivity index (χ1) is 8.58. The van der Waals surface area contributed by atoms with Crippen molar-refractivity contribution in [3.05, 3.63) is 22.7 Å². The Morgan fingerprint density at radius 2 is 2.17 bits per heavy atom. The van der Waals surface area contributed by atoms with E-state index in [0.29, 0.717) is 0 Å². The molecule has 0 unspecified atom stereocenters. The number of anilines is 1. The van der Waals surface area contributed by atoms with Gasteiger partial charge < -0.3 is 25.8 Å². The molecule has 5 N–H and O–H groups in total. The fraction of sp³-hybridized carbons (Fsp3) is 0.600. The van der Waals surface area contributed by atoms with Crippen LogP contribution in [0.15, 0.2) is 17.1 Å². The van der Waals surface area contributed by atoms with E-state index in [4.69, 9.17) is 20.7 Å². The van der Waals surface area contributed by atoms with Gasteiger partial charge in [-0.15, -0.1) is 0 Å². The van der Waals surface area contributed by atoms with Gasteiger partial charge in [-0.1, -0.05) is 0 Å². The lowest BCUT2D eigenvalue weighted by Gasteiger charge is -2.17. The van der Waals surface area contributed by atoms with Crippen LogP contribution in [-0.4, -0.2) is 50.3 Å². The molecule has 0 aliphatic carbocycles. The number of aliphatic hydroxyl groups is 3. The summed E-state index contributed by atoms with van der Waals surface area (Å²) < 4.78 is 6.44. The molecule has 4 atom stereocenters. The van der Waals surface area contributed by atoms with Crippen molar-refractivity contribution in [2.24, 2.45) is 5.92 Å². The minimum absolute atomic E-state index is 0.0705. The molecule has 0 bridgehead atoms. The molecule has 1 aliphatic rings. The Balaban J connectivity index is 2.32. The van der Waals surface area contributed by atoms with Crippen LogP contribution in [0.4, 0.5) is 5.82 Å². The molecular weight excluding hydrogens is 242 g/mol. The molecule has 1 aromatic rings. The van der Waals surface area contributed by atoms with E-state index in [0.717, 1.165) is 4.57 Å². The number of aliphatic hydroxyl groups excluding tert-OH is 3. The minimum atomic E-state index is -1.10. The van der Waals surface area contributed by atoms with Crippen molar-refractivity contribution in [1.29, 1.82) is 0 Å². The SMILES string of the molecule is Nc1ccn([C@H]2O[C@@H](CO)[C@H](CO)[C@@H]2O)c(=O)n1. The van der Waals surface area contributed by atoms with Gasteiger partial charge in [0, 0.05) is 12.1 Å². The van der Waals surface area contributed by atoms with Gasteiger partial charge in [0.05, 0.1) is 19.3 Å². The van der Waals surface area contributed by atoms with E-state index in [-0.39, 0.29) is 19.0 Å². The van der Waals surface area contributed by atoms with Crippen molar-refractivity contribution in [2.45, 2.75) is 18.4 Å². The molecule has 2 heterocycles. The maximum absolute atomic E-state index is 11.6. The average Bonchev–Trinajstić information content (AvgIpc) is 2.66. The van der Waals surface area contributed by atoms with Crippen LogP contribution in [0.2, 0.25) is 0 Å². The molecule has 0 radical (unpaired) electrons. The molecule has 1 fully saturated rings. The summed E-state index contributed by atoms with van der Waals surface area (Å²) in [4.78, 5) is 15.1. The first-order valence-corrected chi connectivity index (χ1v) is 5.48. The van der Waals surface area contributed by atoms with Crippen LogP contribution in [0, 0.1) is 5.92 Å². The van der Waals surface area contributed by atoms with Gasteiger partial charge in [0.1, 0.15) is 11.9 Å². The highest BCUT2D eigenvalue weighted by Gasteiger charge is 2.44. The van der Waals surface area contributed by atoms with Crippen molar-refractivity contribution >= 4 is 5.82 Å². The van der Waals surface area contributed by atoms with E-state index in [1.165, 1.54) is 12.3 Å². The second kappa shape index (κ2) is 5.02. The lowest BCUT2D eigenvalue weighted by atomic mass is 9.99. The number of ether oxygens (including phenoxy) is 1. The van der Waals surface area contributed by atoms with E-state index in [1.807, 2.05) is 0 Å². The molecule has 1 aromatic heterocycles. The Kier molecular flexibility index (Phi) is 3.62. The van der Waals surface area contributed by atoms with Crippen molar-refractivity contribution in [1.82, 2.24) is 9.55 Å². The lowest BCUT2D eigenvalue weighted by molar-refractivity contribution is -0.0537. The van der Waals surface area contributed by atoms with Gasteiger partial charge in [0.25, 0.3) is 0 Å². The molecule has 0 spiro atoms. The Hall–Kier alpha value is -1.48. The van der Waals surface area contributed by atoms with Gasteiger partial charge in [0.15, 0.2) is 6.23 Å². The van der Waals surface area contributed by atoms with Crippen molar-refractivity contribution in [3.8, 4) is 0 Å². The molecule has 1 saturated heterocycles.